The third-order valence-corrected chi connectivity index (χ3v) is 4.91. The zero-order valence-corrected chi connectivity index (χ0v) is 17.5. The van der Waals surface area contributed by atoms with Crippen LogP contribution in [0.2, 0.25) is 0 Å². The van der Waals surface area contributed by atoms with Crippen LogP contribution in [0, 0.1) is 10.1 Å². The second-order valence-electron chi connectivity index (χ2n) is 5.82. The van der Waals surface area contributed by atoms with Crippen LogP contribution in [-0.4, -0.2) is 35.1 Å². The fourth-order valence-electron chi connectivity index (χ4n) is 2.52. The predicted molar refractivity (Wildman–Crippen MR) is 117 cm³/mol. The van der Waals surface area contributed by atoms with Crippen molar-refractivity contribution < 1.29 is 19.2 Å². The van der Waals surface area contributed by atoms with E-state index in [1.165, 1.54) is 35.6 Å². The number of thiazole rings is 1. The highest BCUT2D eigenvalue weighted by Crippen LogP contribution is 2.33. The molecule has 0 saturated heterocycles. The first-order valence-electron chi connectivity index (χ1n) is 8.46. The van der Waals surface area contributed by atoms with Crippen molar-refractivity contribution in [3.8, 4) is 22.8 Å². The lowest BCUT2D eigenvalue weighted by Crippen LogP contribution is -2.34. The summed E-state index contributed by atoms with van der Waals surface area (Å²) in [6, 6.07) is 10.8. The van der Waals surface area contributed by atoms with E-state index in [-0.39, 0.29) is 16.4 Å². The number of amides is 1. The van der Waals surface area contributed by atoms with Crippen LogP contribution in [0.25, 0.3) is 11.3 Å². The Hall–Kier alpha value is -3.57. The zero-order valence-electron chi connectivity index (χ0n) is 15.9. The number of aromatic nitrogens is 1. The van der Waals surface area contributed by atoms with E-state index in [0.29, 0.717) is 22.3 Å². The highest BCUT2D eigenvalue weighted by atomic mass is 32.1. The molecular weight excluding hydrogens is 428 g/mol. The summed E-state index contributed by atoms with van der Waals surface area (Å²) in [7, 11) is 3.11. The fraction of sp³-hybridized carbons (Fsp3) is 0.105. The summed E-state index contributed by atoms with van der Waals surface area (Å²) in [6.07, 6.45) is 0. The Morgan fingerprint density at radius 1 is 1.17 bits per heavy atom. The summed E-state index contributed by atoms with van der Waals surface area (Å²) in [5.74, 6) is 0.630. The van der Waals surface area contributed by atoms with Gasteiger partial charge in [0.05, 0.1) is 24.8 Å². The van der Waals surface area contributed by atoms with E-state index >= 15 is 0 Å². The minimum atomic E-state index is -0.571. The van der Waals surface area contributed by atoms with Crippen molar-refractivity contribution in [3.63, 3.8) is 0 Å². The highest BCUT2D eigenvalue weighted by Gasteiger charge is 2.14. The summed E-state index contributed by atoms with van der Waals surface area (Å²) in [5, 5.41) is 18.5. The van der Waals surface area contributed by atoms with Crippen LogP contribution in [0.15, 0.2) is 47.8 Å². The molecule has 0 radical (unpaired) electrons. The Labute approximate surface area is 180 Å². The number of benzene rings is 2. The van der Waals surface area contributed by atoms with Crippen molar-refractivity contribution in [3.05, 3.63) is 63.5 Å². The third kappa shape index (κ3) is 4.88. The lowest BCUT2D eigenvalue weighted by Gasteiger charge is -2.08. The van der Waals surface area contributed by atoms with Crippen LogP contribution in [0.5, 0.6) is 11.5 Å². The monoisotopic (exact) mass is 444 g/mol. The van der Waals surface area contributed by atoms with E-state index in [9.17, 15) is 14.9 Å². The molecule has 1 heterocycles. The van der Waals surface area contributed by atoms with Crippen molar-refractivity contribution in [2.24, 2.45) is 0 Å². The molecule has 11 heteroatoms. The van der Waals surface area contributed by atoms with Crippen LogP contribution in [-0.2, 0) is 0 Å². The first-order chi connectivity index (χ1) is 14.4. The molecule has 0 spiro atoms. The zero-order chi connectivity index (χ0) is 21.7. The average Bonchev–Trinajstić information content (AvgIpc) is 3.21. The Kier molecular flexibility index (Phi) is 6.54. The normalized spacial score (nSPS) is 10.2. The molecule has 3 rings (SSSR count). The maximum atomic E-state index is 12.3. The molecule has 0 aliphatic heterocycles. The Morgan fingerprint density at radius 2 is 1.93 bits per heavy atom. The Balaban J connectivity index is 1.67. The third-order valence-electron chi connectivity index (χ3n) is 3.95. The summed E-state index contributed by atoms with van der Waals surface area (Å²) >= 11 is 6.45. The van der Waals surface area contributed by atoms with E-state index < -0.39 is 10.8 Å². The number of hydrogen-bond acceptors (Lipinski definition) is 8. The molecular formula is C19H16N4O5S2. The number of nitro groups is 1. The van der Waals surface area contributed by atoms with Gasteiger partial charge in [0.1, 0.15) is 0 Å². The van der Waals surface area contributed by atoms with E-state index in [2.05, 4.69) is 15.6 Å². The largest absolute Gasteiger partial charge is 0.493 e. The number of nitro benzene ring substituents is 1. The van der Waals surface area contributed by atoms with Crippen LogP contribution in [0.3, 0.4) is 0 Å². The molecule has 0 bridgehead atoms. The number of methoxy groups -OCH3 is 2. The second-order valence-corrected chi connectivity index (χ2v) is 7.09. The maximum absolute atomic E-state index is 12.3. The van der Waals surface area contributed by atoms with E-state index in [4.69, 9.17) is 21.7 Å². The summed E-state index contributed by atoms with van der Waals surface area (Å²) in [4.78, 5) is 27.0. The topological polar surface area (TPSA) is 116 Å². The smallest absolute Gasteiger partial charge is 0.270 e. The predicted octanol–water partition coefficient (Wildman–Crippen LogP) is 3.86. The fourth-order valence-corrected chi connectivity index (χ4v) is 3.50. The average molecular weight is 444 g/mol. The maximum Gasteiger partial charge on any atom is 0.270 e. The van der Waals surface area contributed by atoms with Crippen LogP contribution in [0.4, 0.5) is 10.8 Å². The minimum absolute atomic E-state index is 0.0275. The molecule has 2 N–H and O–H groups in total. The van der Waals surface area contributed by atoms with Crippen LogP contribution >= 0.6 is 23.6 Å². The molecule has 0 unspecified atom stereocenters. The number of nitrogens with zero attached hydrogens (tertiary/aromatic N) is 2. The van der Waals surface area contributed by atoms with Crippen LogP contribution in [0.1, 0.15) is 10.4 Å². The lowest BCUT2D eigenvalue weighted by molar-refractivity contribution is -0.384. The van der Waals surface area contributed by atoms with Crippen molar-refractivity contribution in [2.75, 3.05) is 19.5 Å². The molecule has 30 heavy (non-hydrogen) atoms. The van der Waals surface area contributed by atoms with Gasteiger partial charge < -0.3 is 14.8 Å². The first kappa shape index (κ1) is 21.1. The highest BCUT2D eigenvalue weighted by molar-refractivity contribution is 7.80. The molecule has 154 valence electrons. The number of non-ortho nitro benzene ring substituents is 1. The summed E-state index contributed by atoms with van der Waals surface area (Å²) in [5.41, 5.74) is 1.46. The van der Waals surface area contributed by atoms with Gasteiger partial charge in [0.25, 0.3) is 11.6 Å². The van der Waals surface area contributed by atoms with Crippen molar-refractivity contribution in [1.82, 2.24) is 10.3 Å². The van der Waals surface area contributed by atoms with Gasteiger partial charge in [-0.15, -0.1) is 11.3 Å². The van der Waals surface area contributed by atoms with Crippen molar-refractivity contribution in [2.45, 2.75) is 0 Å². The van der Waals surface area contributed by atoms with Gasteiger partial charge in [0.2, 0.25) is 0 Å². The number of anilines is 1. The van der Waals surface area contributed by atoms with Crippen molar-refractivity contribution in [1.29, 1.82) is 0 Å². The van der Waals surface area contributed by atoms with Gasteiger partial charge in [-0.3, -0.25) is 20.2 Å². The number of rotatable bonds is 6. The molecule has 0 fully saturated rings. The number of ether oxygens (including phenoxy) is 2. The number of carbonyl (C=O) groups is 1. The second kappa shape index (κ2) is 9.29. The first-order valence-corrected chi connectivity index (χ1v) is 9.74. The molecule has 0 aliphatic carbocycles. The molecule has 1 amide bonds. The Morgan fingerprint density at radius 3 is 2.63 bits per heavy atom. The SMILES string of the molecule is COc1ccc(-c2csc(NC(=S)NC(=O)c3cccc([N+](=O)[O-])c3)n2)cc1OC. The van der Waals surface area contributed by atoms with Gasteiger partial charge in [0.15, 0.2) is 21.7 Å². The van der Waals surface area contributed by atoms with Gasteiger partial charge in [-0.25, -0.2) is 4.98 Å². The molecule has 9 nitrogen and oxygen atoms in total. The van der Waals surface area contributed by atoms with Crippen LogP contribution < -0.4 is 20.1 Å². The van der Waals surface area contributed by atoms with E-state index in [1.54, 1.807) is 26.4 Å². The van der Waals surface area contributed by atoms with E-state index in [1.807, 2.05) is 11.4 Å². The lowest BCUT2D eigenvalue weighted by atomic mass is 10.1. The molecule has 0 aliphatic rings. The number of nitrogens with one attached hydrogen (secondary N) is 2. The van der Waals surface area contributed by atoms with Gasteiger partial charge >= 0.3 is 0 Å². The van der Waals surface area contributed by atoms with Crippen molar-refractivity contribution >= 4 is 45.4 Å². The molecule has 2 aromatic carbocycles. The van der Waals surface area contributed by atoms with E-state index in [0.717, 1.165) is 5.56 Å². The summed E-state index contributed by atoms with van der Waals surface area (Å²) < 4.78 is 10.5. The van der Waals surface area contributed by atoms with Gasteiger partial charge in [-0.1, -0.05) is 6.07 Å². The number of carbonyl (C=O) groups excluding carboxylic acids is 1. The standard InChI is InChI=1S/C19H16N4O5S2/c1-27-15-7-6-11(9-16(15)28-2)14-10-30-19(20-14)22-18(29)21-17(24)12-4-3-5-13(8-12)23(25)26/h3-10H,1-2H3,(H2,20,21,22,24,29). The molecule has 0 saturated carbocycles. The molecule has 3 aromatic rings. The summed E-state index contributed by atoms with van der Waals surface area (Å²) in [6.45, 7) is 0. The minimum Gasteiger partial charge on any atom is -0.493 e. The quantitative estimate of drug-likeness (QED) is 0.334. The Bertz CT molecular complexity index is 1120. The molecule has 0 atom stereocenters. The van der Waals surface area contributed by atoms with Gasteiger partial charge in [-0.2, -0.15) is 0 Å². The van der Waals surface area contributed by atoms with Gasteiger partial charge in [-0.05, 0) is 36.5 Å². The molecule has 1 aromatic heterocycles. The number of hydrogen-bond donors (Lipinski definition) is 2. The number of thiocarbonyl (C=S) groups is 1. The van der Waals surface area contributed by atoms with Gasteiger partial charge in [0, 0.05) is 28.6 Å².